The zero-order chi connectivity index (χ0) is 22.8. The van der Waals surface area contributed by atoms with E-state index >= 15 is 0 Å². The fraction of sp³-hybridized carbons (Fsp3) is 0.684. The highest BCUT2D eigenvalue weighted by Crippen LogP contribution is 2.17. The predicted molar refractivity (Wildman–Crippen MR) is 131 cm³/mol. The van der Waals surface area contributed by atoms with Crippen molar-refractivity contribution in [1.82, 2.24) is 30.4 Å². The molecule has 0 amide bonds. The highest BCUT2D eigenvalue weighted by atomic mass is 32.2. The summed E-state index contributed by atoms with van der Waals surface area (Å²) in [5.74, 6) is 1.70. The topological polar surface area (TPSA) is 99.5 Å². The zero-order valence-electron chi connectivity index (χ0n) is 18.8. The maximum atomic E-state index is 11.7. The van der Waals surface area contributed by atoms with Crippen molar-refractivity contribution >= 4 is 34.4 Å². The molecule has 2 unspecified atom stereocenters. The van der Waals surface area contributed by atoms with Crippen molar-refractivity contribution in [1.29, 1.82) is 0 Å². The number of nitrogens with zero attached hydrogens (tertiary/aromatic N) is 5. The van der Waals surface area contributed by atoms with E-state index in [4.69, 9.17) is 0 Å². The summed E-state index contributed by atoms with van der Waals surface area (Å²) in [6.07, 6.45) is -0.115. The van der Waals surface area contributed by atoms with Crippen molar-refractivity contribution in [2.45, 2.75) is 37.5 Å². The van der Waals surface area contributed by atoms with Crippen LogP contribution < -0.4 is 10.6 Å². The normalized spacial score (nSPS) is 13.8. The van der Waals surface area contributed by atoms with E-state index < -0.39 is 12.2 Å². The first kappa shape index (κ1) is 26.1. The van der Waals surface area contributed by atoms with Gasteiger partial charge in [-0.25, -0.2) is 9.97 Å². The van der Waals surface area contributed by atoms with Gasteiger partial charge in [-0.1, -0.05) is 0 Å². The monoisotopic (exact) mass is 487 g/mol. The molecule has 12 heteroatoms. The van der Waals surface area contributed by atoms with Crippen molar-refractivity contribution in [2.24, 2.45) is 0 Å². The Bertz CT molecular complexity index is 797. The Labute approximate surface area is 196 Å². The molecule has 2 aromatic rings. The minimum absolute atomic E-state index is 0.214. The molecule has 0 aliphatic carbocycles. The van der Waals surface area contributed by atoms with E-state index in [9.17, 15) is 10.1 Å². The molecule has 0 aliphatic heterocycles. The van der Waals surface area contributed by atoms with Crippen molar-refractivity contribution in [3.05, 3.63) is 42.3 Å². The van der Waals surface area contributed by atoms with E-state index in [1.54, 1.807) is 41.5 Å². The Kier molecular flexibility index (Phi) is 11.3. The fourth-order valence-electron chi connectivity index (χ4n) is 2.97. The van der Waals surface area contributed by atoms with Crippen LogP contribution in [-0.4, -0.2) is 84.4 Å². The van der Waals surface area contributed by atoms with Crippen LogP contribution >= 0.6 is 34.4 Å². The molecule has 9 nitrogen and oxygen atoms in total. The number of hydrogen-bond acceptors (Lipinski definition) is 11. The van der Waals surface area contributed by atoms with Gasteiger partial charge in [-0.15, -0.1) is 22.7 Å². The molecule has 31 heavy (non-hydrogen) atoms. The van der Waals surface area contributed by atoms with Gasteiger partial charge in [-0.2, -0.15) is 11.8 Å². The van der Waals surface area contributed by atoms with E-state index in [0.717, 1.165) is 46.0 Å². The number of aromatic nitrogens is 2. The SMILES string of the molecule is CNC(NCCSCc1csc(CN(C)C)n1)C(Cc1csc(CN(C)C)n1)[N+](=O)[O-]. The van der Waals surface area contributed by atoms with Gasteiger partial charge < -0.3 is 9.80 Å². The van der Waals surface area contributed by atoms with Crippen molar-refractivity contribution in [3.63, 3.8) is 0 Å². The number of thioether (sulfide) groups is 1. The quantitative estimate of drug-likeness (QED) is 0.169. The third-order valence-electron chi connectivity index (χ3n) is 4.35. The van der Waals surface area contributed by atoms with Crippen LogP contribution in [0.3, 0.4) is 0 Å². The molecule has 0 saturated carbocycles. The molecule has 0 aromatic carbocycles. The third kappa shape index (κ3) is 9.48. The first-order valence-corrected chi connectivity index (χ1v) is 13.0. The molecule has 2 atom stereocenters. The summed E-state index contributed by atoms with van der Waals surface area (Å²) in [5.41, 5.74) is 1.87. The summed E-state index contributed by atoms with van der Waals surface area (Å²) in [5, 5.41) is 24.2. The minimum atomic E-state index is -0.781. The van der Waals surface area contributed by atoms with Crippen molar-refractivity contribution in [3.8, 4) is 0 Å². The van der Waals surface area contributed by atoms with E-state index in [1.807, 2.05) is 38.5 Å². The van der Waals surface area contributed by atoms with Crippen LogP contribution in [-0.2, 0) is 25.3 Å². The minimum Gasteiger partial charge on any atom is -0.303 e. The Hall–Kier alpha value is -1.15. The second-order valence-corrected chi connectivity index (χ2v) is 10.8. The summed E-state index contributed by atoms with van der Waals surface area (Å²) in [7, 11) is 9.79. The van der Waals surface area contributed by atoms with Gasteiger partial charge in [0.05, 0.1) is 17.8 Å². The molecule has 2 N–H and O–H groups in total. The lowest BCUT2D eigenvalue weighted by Crippen LogP contribution is -2.53. The average Bonchev–Trinajstić information content (AvgIpc) is 3.31. The fourth-order valence-corrected chi connectivity index (χ4v) is 5.67. The number of nitro groups is 1. The Morgan fingerprint density at radius 1 is 1.10 bits per heavy atom. The molecule has 2 aromatic heterocycles. The van der Waals surface area contributed by atoms with Gasteiger partial charge in [0.1, 0.15) is 16.2 Å². The van der Waals surface area contributed by atoms with Gasteiger partial charge >= 0.3 is 0 Å². The zero-order valence-corrected chi connectivity index (χ0v) is 21.3. The number of rotatable bonds is 15. The molecular weight excluding hydrogens is 454 g/mol. The predicted octanol–water partition coefficient (Wildman–Crippen LogP) is 1.98. The van der Waals surface area contributed by atoms with Crippen molar-refractivity contribution in [2.75, 3.05) is 47.5 Å². The van der Waals surface area contributed by atoms with Crippen LogP contribution in [0.25, 0.3) is 0 Å². The van der Waals surface area contributed by atoms with Crippen LogP contribution in [0.15, 0.2) is 10.8 Å². The molecular formula is C19H33N7O2S3. The first-order valence-electron chi connectivity index (χ1n) is 10.1. The molecule has 0 bridgehead atoms. The van der Waals surface area contributed by atoms with E-state index in [2.05, 4.69) is 30.9 Å². The molecule has 174 valence electrons. The number of hydrogen-bond donors (Lipinski definition) is 2. The highest BCUT2D eigenvalue weighted by Gasteiger charge is 2.31. The van der Waals surface area contributed by atoms with E-state index in [-0.39, 0.29) is 4.92 Å². The molecule has 2 rings (SSSR count). The van der Waals surface area contributed by atoms with Crippen LogP contribution in [0, 0.1) is 10.1 Å². The van der Waals surface area contributed by atoms with Gasteiger partial charge in [0, 0.05) is 46.8 Å². The van der Waals surface area contributed by atoms with Gasteiger partial charge in [0.15, 0.2) is 0 Å². The number of likely N-dealkylation sites (N-methyl/N-ethyl adjacent to an activating group) is 1. The lowest BCUT2D eigenvalue weighted by atomic mass is 10.1. The number of thiazole rings is 2. The van der Waals surface area contributed by atoms with Crippen LogP contribution in [0.2, 0.25) is 0 Å². The smallest absolute Gasteiger partial charge is 0.246 e. The summed E-state index contributed by atoms with van der Waals surface area (Å²) in [6, 6.07) is -0.781. The first-order chi connectivity index (χ1) is 14.8. The largest absolute Gasteiger partial charge is 0.303 e. The lowest BCUT2D eigenvalue weighted by Gasteiger charge is -2.21. The second kappa shape index (κ2) is 13.4. The maximum absolute atomic E-state index is 11.7. The Morgan fingerprint density at radius 3 is 2.23 bits per heavy atom. The maximum Gasteiger partial charge on any atom is 0.246 e. The van der Waals surface area contributed by atoms with Crippen molar-refractivity contribution < 1.29 is 4.92 Å². The van der Waals surface area contributed by atoms with Gasteiger partial charge in [-0.3, -0.25) is 20.7 Å². The third-order valence-corrected chi connectivity index (χ3v) is 7.10. The Morgan fingerprint density at radius 2 is 1.68 bits per heavy atom. The molecule has 0 spiro atoms. The molecule has 0 aliphatic rings. The summed E-state index contributed by atoms with van der Waals surface area (Å²) < 4.78 is 0. The number of nitrogens with one attached hydrogen (secondary N) is 2. The highest BCUT2D eigenvalue weighted by molar-refractivity contribution is 7.98. The van der Waals surface area contributed by atoms with Crippen LogP contribution in [0.1, 0.15) is 21.4 Å². The average molecular weight is 488 g/mol. The molecule has 0 saturated heterocycles. The van der Waals surface area contributed by atoms with Crippen LogP contribution in [0.5, 0.6) is 0 Å². The van der Waals surface area contributed by atoms with Gasteiger partial charge in [0.2, 0.25) is 6.04 Å². The lowest BCUT2D eigenvalue weighted by molar-refractivity contribution is -0.527. The summed E-state index contributed by atoms with van der Waals surface area (Å²) in [4.78, 5) is 24.9. The Balaban J connectivity index is 1.79. The van der Waals surface area contributed by atoms with Gasteiger partial charge in [-0.05, 0) is 35.2 Å². The van der Waals surface area contributed by atoms with E-state index in [1.165, 1.54) is 0 Å². The molecule has 0 radical (unpaired) electrons. The summed E-state index contributed by atoms with van der Waals surface area (Å²) in [6.45, 7) is 2.28. The molecule has 0 fully saturated rings. The standard InChI is InChI=1S/C19H33N7O2S3/c1-20-19(16(26(27)28)8-14-12-30-17(22-14)9-24(2)3)21-6-7-29-11-15-13-31-18(23-15)10-25(4)5/h12-13,16,19-21H,6-11H2,1-5H3. The van der Waals surface area contributed by atoms with E-state index in [0.29, 0.717) is 13.0 Å². The van der Waals surface area contributed by atoms with Gasteiger partial charge in [0.25, 0.3) is 0 Å². The second-order valence-electron chi connectivity index (χ2n) is 7.77. The molecule has 2 heterocycles. The summed E-state index contributed by atoms with van der Waals surface area (Å²) >= 11 is 5.02. The van der Waals surface area contributed by atoms with Crippen LogP contribution in [0.4, 0.5) is 0 Å².